The molecule has 0 fully saturated rings. The van der Waals surface area contributed by atoms with E-state index < -0.39 is 5.41 Å². The van der Waals surface area contributed by atoms with Crippen LogP contribution >= 0.6 is 22.7 Å². The molecule has 1 spiro atoms. The second-order valence-corrected chi connectivity index (χ2v) is 20.7. The second-order valence-electron chi connectivity index (χ2n) is 18.6. The Balaban J connectivity index is 0.895. The first-order valence-electron chi connectivity index (χ1n) is 23.6. The number of benzene rings is 10. The summed E-state index contributed by atoms with van der Waals surface area (Å²) >= 11 is 3.79. The van der Waals surface area contributed by atoms with Gasteiger partial charge in [-0.1, -0.05) is 152 Å². The van der Waals surface area contributed by atoms with Crippen LogP contribution in [-0.4, -0.2) is 15.0 Å². The summed E-state index contributed by atoms with van der Waals surface area (Å²) in [5, 5.41) is 7.41. The average Bonchev–Trinajstić information content (AvgIpc) is 4.23. The van der Waals surface area contributed by atoms with Crippen molar-refractivity contribution in [3.05, 3.63) is 235 Å². The Kier molecular flexibility index (Phi) is 7.82. The zero-order chi connectivity index (χ0) is 45.7. The van der Waals surface area contributed by atoms with Crippen LogP contribution in [-0.2, 0) is 5.41 Å². The van der Waals surface area contributed by atoms with Crippen molar-refractivity contribution in [2.24, 2.45) is 0 Å². The molecule has 6 heteroatoms. The number of para-hydroxylation sites is 1. The average molecular weight is 926 g/mol. The monoisotopic (exact) mass is 925 g/mol. The molecule has 0 aliphatic heterocycles. The Morgan fingerprint density at radius 2 is 0.914 bits per heavy atom. The highest BCUT2D eigenvalue weighted by molar-refractivity contribution is 7.26. The largest absolute Gasteiger partial charge is 0.456 e. The summed E-state index contributed by atoms with van der Waals surface area (Å²) in [5.74, 6) is 1.82. The van der Waals surface area contributed by atoms with Crippen molar-refractivity contribution in [1.82, 2.24) is 15.0 Å². The summed E-state index contributed by atoms with van der Waals surface area (Å²) in [7, 11) is 0. The highest BCUT2D eigenvalue weighted by atomic mass is 32.1. The van der Waals surface area contributed by atoms with E-state index in [0.29, 0.717) is 17.5 Å². The molecular formula is C64H35N3OS2. The maximum absolute atomic E-state index is 6.32. The topological polar surface area (TPSA) is 51.8 Å². The first-order chi connectivity index (χ1) is 34.7. The molecule has 4 heterocycles. The molecule has 0 radical (unpaired) electrons. The van der Waals surface area contributed by atoms with Gasteiger partial charge in [0.15, 0.2) is 17.5 Å². The van der Waals surface area contributed by atoms with Gasteiger partial charge in [-0.3, -0.25) is 0 Å². The summed E-state index contributed by atoms with van der Waals surface area (Å²) in [6.07, 6.45) is 0. The first kappa shape index (κ1) is 38.4. The molecule has 0 unspecified atom stereocenters. The van der Waals surface area contributed by atoms with Gasteiger partial charge in [-0.15, -0.1) is 22.7 Å². The van der Waals surface area contributed by atoms with Crippen molar-refractivity contribution in [1.29, 1.82) is 0 Å². The molecule has 0 amide bonds. The van der Waals surface area contributed by atoms with Gasteiger partial charge in [-0.2, -0.15) is 0 Å². The minimum Gasteiger partial charge on any atom is -0.456 e. The van der Waals surface area contributed by atoms with Gasteiger partial charge in [-0.05, 0) is 116 Å². The number of thiophene rings is 2. The van der Waals surface area contributed by atoms with Crippen LogP contribution in [0.25, 0.3) is 130 Å². The number of furan rings is 1. The molecule has 14 aromatic rings. The third kappa shape index (κ3) is 5.26. The Morgan fingerprint density at radius 1 is 0.314 bits per heavy atom. The molecule has 10 aromatic carbocycles. The van der Waals surface area contributed by atoms with Crippen molar-refractivity contribution < 1.29 is 4.42 Å². The third-order valence-electron chi connectivity index (χ3n) is 14.9. The molecule has 4 aromatic heterocycles. The Bertz CT molecular complexity index is 4510. The highest BCUT2D eigenvalue weighted by Crippen LogP contribution is 2.66. The SMILES string of the molecule is c1ccc(-c2nc(-c3cccc(-c4ccc5sc6ccc7c(c6c5c4)C4(c5ccccc5-c5ccccc54)c4cc5sc6ccccc6c5cc4-7)c3)nc(-c3ccc4c(c3)oc3ccccc34)n2)cc1. The predicted octanol–water partition coefficient (Wildman–Crippen LogP) is 17.5. The summed E-state index contributed by atoms with van der Waals surface area (Å²) < 4.78 is 11.5. The summed E-state index contributed by atoms with van der Waals surface area (Å²) in [5.41, 5.74) is 16.9. The maximum atomic E-state index is 6.32. The van der Waals surface area contributed by atoms with Crippen LogP contribution in [0.1, 0.15) is 22.3 Å². The molecule has 0 atom stereocenters. The molecule has 16 rings (SSSR count). The first-order valence-corrected chi connectivity index (χ1v) is 25.3. The lowest BCUT2D eigenvalue weighted by atomic mass is 9.69. The molecule has 2 aliphatic rings. The van der Waals surface area contributed by atoms with Gasteiger partial charge in [-0.25, -0.2) is 15.0 Å². The van der Waals surface area contributed by atoms with E-state index in [1.807, 2.05) is 65.1 Å². The number of fused-ring (bicyclic) bond motifs is 20. The summed E-state index contributed by atoms with van der Waals surface area (Å²) in [6, 6.07) is 77.2. The minimum absolute atomic E-state index is 0.493. The molecule has 2 aliphatic carbocycles. The number of nitrogens with zero attached hydrogens (tertiary/aromatic N) is 3. The Hall–Kier alpha value is -8.55. The van der Waals surface area contributed by atoms with Crippen molar-refractivity contribution in [2.75, 3.05) is 0 Å². The fourth-order valence-corrected chi connectivity index (χ4v) is 14.2. The Morgan fingerprint density at radius 3 is 1.74 bits per heavy atom. The molecule has 0 saturated carbocycles. The van der Waals surface area contributed by atoms with Gasteiger partial charge in [0, 0.05) is 67.8 Å². The fourth-order valence-electron chi connectivity index (χ4n) is 11.9. The van der Waals surface area contributed by atoms with Crippen LogP contribution in [0.2, 0.25) is 0 Å². The van der Waals surface area contributed by atoms with Crippen molar-refractivity contribution in [3.8, 4) is 67.5 Å². The fraction of sp³-hybridized carbons (Fsp3) is 0.0156. The highest BCUT2D eigenvalue weighted by Gasteiger charge is 2.53. The normalized spacial score (nSPS) is 13.3. The van der Waals surface area contributed by atoms with E-state index in [2.05, 4.69) is 170 Å². The summed E-state index contributed by atoms with van der Waals surface area (Å²) in [4.78, 5) is 15.4. The van der Waals surface area contributed by atoms with Crippen molar-refractivity contribution in [2.45, 2.75) is 5.41 Å². The molecular weight excluding hydrogens is 891 g/mol. The van der Waals surface area contributed by atoms with E-state index >= 15 is 0 Å². The Labute approximate surface area is 409 Å². The van der Waals surface area contributed by atoms with Gasteiger partial charge in [0.25, 0.3) is 0 Å². The molecule has 4 nitrogen and oxygen atoms in total. The number of hydrogen-bond acceptors (Lipinski definition) is 6. The van der Waals surface area contributed by atoms with E-state index in [0.717, 1.165) is 49.8 Å². The molecule has 324 valence electrons. The number of aromatic nitrogens is 3. The van der Waals surface area contributed by atoms with Gasteiger partial charge in [0.1, 0.15) is 11.2 Å². The molecule has 0 saturated heterocycles. The van der Waals surface area contributed by atoms with Crippen LogP contribution < -0.4 is 0 Å². The lowest BCUT2D eigenvalue weighted by Gasteiger charge is -2.31. The second kappa shape index (κ2) is 14.2. The van der Waals surface area contributed by atoms with Crippen LogP contribution in [0.4, 0.5) is 0 Å². The van der Waals surface area contributed by atoms with Crippen LogP contribution in [0, 0.1) is 0 Å². The van der Waals surface area contributed by atoms with Gasteiger partial charge < -0.3 is 4.42 Å². The zero-order valence-corrected chi connectivity index (χ0v) is 38.9. The quantitative estimate of drug-likeness (QED) is 0.176. The van der Waals surface area contributed by atoms with E-state index in [-0.39, 0.29) is 0 Å². The van der Waals surface area contributed by atoms with E-state index in [4.69, 9.17) is 19.4 Å². The van der Waals surface area contributed by atoms with E-state index in [1.54, 1.807) is 0 Å². The standard InChI is InChI=1S/C64H35N3OS2/c1-2-13-36(14-3-1)61-65-62(67-63(66-61)40-25-27-44-43-19-6-10-23-53(43)68-54(44)33-40)39-16-12-15-37(31-39)38-26-29-56-49(32-38)59-57(69-56)30-28-46-47-34-48-45-20-7-11-24-55(45)70-58(48)35-52(47)64(60(46)59)50-21-8-4-17-41(50)42-18-5-9-22-51(42)64/h1-35H. The molecule has 70 heavy (non-hydrogen) atoms. The van der Waals surface area contributed by atoms with Gasteiger partial charge in [0.05, 0.1) is 5.41 Å². The van der Waals surface area contributed by atoms with Crippen molar-refractivity contribution in [3.63, 3.8) is 0 Å². The lowest BCUT2D eigenvalue weighted by molar-refractivity contribution is 0.669. The van der Waals surface area contributed by atoms with Crippen LogP contribution in [0.3, 0.4) is 0 Å². The third-order valence-corrected chi connectivity index (χ3v) is 17.2. The smallest absolute Gasteiger partial charge is 0.164 e. The van der Waals surface area contributed by atoms with E-state index in [1.165, 1.54) is 84.9 Å². The van der Waals surface area contributed by atoms with Gasteiger partial charge >= 0.3 is 0 Å². The zero-order valence-electron chi connectivity index (χ0n) is 37.3. The van der Waals surface area contributed by atoms with Crippen molar-refractivity contribution >= 4 is 85.0 Å². The van der Waals surface area contributed by atoms with Crippen LogP contribution in [0.5, 0.6) is 0 Å². The number of hydrogen-bond donors (Lipinski definition) is 0. The van der Waals surface area contributed by atoms with Gasteiger partial charge in [0.2, 0.25) is 0 Å². The minimum atomic E-state index is -0.493. The molecule has 0 N–H and O–H groups in total. The predicted molar refractivity (Wildman–Crippen MR) is 291 cm³/mol. The van der Waals surface area contributed by atoms with Crippen LogP contribution in [0.15, 0.2) is 217 Å². The van der Waals surface area contributed by atoms with E-state index in [9.17, 15) is 0 Å². The maximum Gasteiger partial charge on any atom is 0.164 e. The number of rotatable bonds is 4. The lowest BCUT2D eigenvalue weighted by Crippen LogP contribution is -2.26. The summed E-state index contributed by atoms with van der Waals surface area (Å²) in [6.45, 7) is 0. The molecule has 0 bridgehead atoms.